The molecular formula is C24H27N3O. The Morgan fingerprint density at radius 1 is 0.786 bits per heavy atom. The van der Waals surface area contributed by atoms with Gasteiger partial charge in [0.1, 0.15) is 5.65 Å². The minimum Gasteiger partial charge on any atom is -0.377 e. The molecule has 5 rings (SSSR count). The monoisotopic (exact) mass is 373 g/mol. The molecule has 0 amide bonds. The van der Waals surface area contributed by atoms with E-state index in [1.54, 1.807) is 4.40 Å². The second-order valence-electron chi connectivity index (χ2n) is 6.32. The molecule has 0 saturated carbocycles. The topological polar surface area (TPSA) is 37.6 Å². The molecule has 0 atom stereocenters. The molecule has 0 saturated heterocycles. The minimum absolute atomic E-state index is 0.00675. The van der Waals surface area contributed by atoms with Gasteiger partial charge in [-0.1, -0.05) is 58.0 Å². The van der Waals surface area contributed by atoms with Crippen LogP contribution in [0.5, 0.6) is 0 Å². The van der Waals surface area contributed by atoms with E-state index in [0.717, 1.165) is 43.9 Å². The fourth-order valence-electron chi connectivity index (χ4n) is 3.68. The maximum Gasteiger partial charge on any atom is 0.264 e. The predicted octanol–water partition coefficient (Wildman–Crippen LogP) is 5.71. The summed E-state index contributed by atoms with van der Waals surface area (Å²) in [7, 11) is 4.04. The third kappa shape index (κ3) is 2.76. The molecule has 144 valence electrons. The number of nitrogens with zero attached hydrogens (tertiary/aromatic N) is 3. The lowest BCUT2D eigenvalue weighted by atomic mass is 10.0. The average molecular weight is 374 g/mol. The molecular weight excluding hydrogens is 346 g/mol. The fourth-order valence-corrected chi connectivity index (χ4v) is 3.68. The lowest BCUT2D eigenvalue weighted by Gasteiger charge is -2.17. The SMILES string of the molecule is CC.CC.CN(C)c1ccc2c(=O)n3c4ccccc4nc3c3cccc1c23. The van der Waals surface area contributed by atoms with Gasteiger partial charge in [-0.25, -0.2) is 4.98 Å². The summed E-state index contributed by atoms with van der Waals surface area (Å²) < 4.78 is 1.74. The molecule has 5 aromatic rings. The van der Waals surface area contributed by atoms with Crippen LogP contribution >= 0.6 is 0 Å². The Hall–Kier alpha value is -3.14. The summed E-state index contributed by atoms with van der Waals surface area (Å²) in [5, 5.41) is 3.84. The normalized spacial score (nSPS) is 10.6. The van der Waals surface area contributed by atoms with Gasteiger partial charge in [-0.15, -0.1) is 0 Å². The number of hydrogen-bond donors (Lipinski definition) is 0. The van der Waals surface area contributed by atoms with Crippen LogP contribution in [0.3, 0.4) is 0 Å². The van der Waals surface area contributed by atoms with Gasteiger partial charge in [-0.3, -0.25) is 9.20 Å². The van der Waals surface area contributed by atoms with E-state index in [-0.39, 0.29) is 5.56 Å². The molecule has 3 aromatic carbocycles. The summed E-state index contributed by atoms with van der Waals surface area (Å²) >= 11 is 0. The molecule has 0 aliphatic heterocycles. The number of rotatable bonds is 1. The van der Waals surface area contributed by atoms with Crippen LogP contribution in [0.25, 0.3) is 38.2 Å². The van der Waals surface area contributed by atoms with Gasteiger partial charge >= 0.3 is 0 Å². The highest BCUT2D eigenvalue weighted by Gasteiger charge is 2.17. The van der Waals surface area contributed by atoms with Crippen molar-refractivity contribution >= 4 is 43.9 Å². The number of aromatic nitrogens is 2. The van der Waals surface area contributed by atoms with Crippen LogP contribution in [0.15, 0.2) is 59.4 Å². The smallest absolute Gasteiger partial charge is 0.264 e. The van der Waals surface area contributed by atoms with Crippen molar-refractivity contribution < 1.29 is 0 Å². The van der Waals surface area contributed by atoms with Crippen LogP contribution in [0.4, 0.5) is 5.69 Å². The Balaban J connectivity index is 0.000000531. The van der Waals surface area contributed by atoms with Gasteiger partial charge in [-0.05, 0) is 24.3 Å². The first-order valence-corrected chi connectivity index (χ1v) is 9.92. The van der Waals surface area contributed by atoms with Crippen LogP contribution < -0.4 is 10.5 Å². The summed E-state index contributed by atoms with van der Waals surface area (Å²) in [6.07, 6.45) is 0. The standard InChI is InChI=1S/C20H15N3O.2C2H6/c1-22(2)16-11-10-14-18-12(16)6-5-7-13(18)19-21-15-8-3-4-9-17(15)23(19)20(14)24;2*1-2/h3-11H,1-2H3;2*1-2H3. The minimum atomic E-state index is -0.00675. The van der Waals surface area contributed by atoms with E-state index < -0.39 is 0 Å². The molecule has 0 N–H and O–H groups in total. The van der Waals surface area contributed by atoms with E-state index in [1.165, 1.54) is 0 Å². The number of para-hydroxylation sites is 2. The van der Waals surface area contributed by atoms with E-state index in [1.807, 2.05) is 84.3 Å². The Kier molecular flexibility index (Phi) is 5.50. The number of pyridine rings is 1. The van der Waals surface area contributed by atoms with E-state index in [4.69, 9.17) is 4.98 Å². The van der Waals surface area contributed by atoms with Crippen molar-refractivity contribution in [2.45, 2.75) is 27.7 Å². The molecule has 0 aliphatic carbocycles. The highest BCUT2D eigenvalue weighted by molar-refractivity contribution is 6.18. The average Bonchev–Trinajstić information content (AvgIpc) is 3.14. The number of imidazole rings is 1. The maximum atomic E-state index is 13.2. The summed E-state index contributed by atoms with van der Waals surface area (Å²) in [4.78, 5) is 20.0. The Morgan fingerprint density at radius 3 is 2.18 bits per heavy atom. The zero-order valence-corrected chi connectivity index (χ0v) is 17.4. The molecule has 0 unspecified atom stereocenters. The number of anilines is 1. The Morgan fingerprint density at radius 2 is 1.46 bits per heavy atom. The molecule has 0 radical (unpaired) electrons. The molecule has 0 bridgehead atoms. The summed E-state index contributed by atoms with van der Waals surface area (Å²) in [6.45, 7) is 8.00. The largest absolute Gasteiger partial charge is 0.377 e. The first-order chi connectivity index (χ1) is 13.7. The van der Waals surface area contributed by atoms with Crippen molar-refractivity contribution in [3.05, 3.63) is 65.0 Å². The van der Waals surface area contributed by atoms with Gasteiger partial charge in [0.05, 0.1) is 11.0 Å². The third-order valence-electron chi connectivity index (χ3n) is 4.73. The van der Waals surface area contributed by atoms with Crippen LogP contribution in [-0.4, -0.2) is 23.5 Å². The molecule has 28 heavy (non-hydrogen) atoms. The van der Waals surface area contributed by atoms with E-state index in [2.05, 4.69) is 17.0 Å². The van der Waals surface area contributed by atoms with Crippen molar-refractivity contribution in [2.24, 2.45) is 0 Å². The van der Waals surface area contributed by atoms with E-state index >= 15 is 0 Å². The van der Waals surface area contributed by atoms with Crippen LogP contribution in [0.2, 0.25) is 0 Å². The Labute approximate surface area is 165 Å². The van der Waals surface area contributed by atoms with Gasteiger partial charge in [0.15, 0.2) is 0 Å². The zero-order valence-electron chi connectivity index (χ0n) is 17.4. The lowest BCUT2D eigenvalue weighted by molar-refractivity contribution is 1.14. The highest BCUT2D eigenvalue weighted by Crippen LogP contribution is 2.34. The number of hydrogen-bond acceptors (Lipinski definition) is 3. The second-order valence-corrected chi connectivity index (χ2v) is 6.32. The van der Waals surface area contributed by atoms with Gasteiger partial charge in [0.25, 0.3) is 5.56 Å². The molecule has 4 heteroatoms. The number of benzene rings is 3. The van der Waals surface area contributed by atoms with Gasteiger partial charge < -0.3 is 4.90 Å². The van der Waals surface area contributed by atoms with Crippen molar-refractivity contribution in [2.75, 3.05) is 19.0 Å². The quantitative estimate of drug-likeness (QED) is 0.378. The lowest BCUT2D eigenvalue weighted by Crippen LogP contribution is -2.15. The summed E-state index contributed by atoms with van der Waals surface area (Å²) in [5.74, 6) is 0. The van der Waals surface area contributed by atoms with E-state index in [0.29, 0.717) is 0 Å². The van der Waals surface area contributed by atoms with Crippen molar-refractivity contribution in [3.63, 3.8) is 0 Å². The second kappa shape index (κ2) is 7.85. The molecule has 0 fully saturated rings. The number of fused-ring (bicyclic) bond motifs is 4. The first kappa shape index (κ1) is 19.6. The maximum absolute atomic E-state index is 13.2. The van der Waals surface area contributed by atoms with Crippen molar-refractivity contribution in [3.8, 4) is 0 Å². The first-order valence-electron chi connectivity index (χ1n) is 9.92. The summed E-state index contributed by atoms with van der Waals surface area (Å²) in [6, 6.07) is 17.9. The highest BCUT2D eigenvalue weighted by atomic mass is 16.1. The zero-order chi connectivity index (χ0) is 20.4. The van der Waals surface area contributed by atoms with Crippen LogP contribution in [0, 0.1) is 0 Å². The van der Waals surface area contributed by atoms with Gasteiger partial charge in [0, 0.05) is 41.3 Å². The predicted molar refractivity (Wildman–Crippen MR) is 122 cm³/mol. The van der Waals surface area contributed by atoms with Crippen molar-refractivity contribution in [1.29, 1.82) is 0 Å². The molecule has 0 aliphatic rings. The molecule has 0 spiro atoms. The van der Waals surface area contributed by atoms with Crippen LogP contribution in [-0.2, 0) is 0 Å². The molecule has 2 heterocycles. The summed E-state index contributed by atoms with van der Waals surface area (Å²) in [5.41, 5.74) is 3.53. The molecule has 4 nitrogen and oxygen atoms in total. The van der Waals surface area contributed by atoms with Crippen molar-refractivity contribution in [1.82, 2.24) is 9.38 Å². The van der Waals surface area contributed by atoms with Gasteiger partial charge in [0.2, 0.25) is 0 Å². The van der Waals surface area contributed by atoms with Gasteiger partial charge in [-0.2, -0.15) is 0 Å². The molecule has 2 aromatic heterocycles. The Bertz CT molecular complexity index is 1300. The van der Waals surface area contributed by atoms with Crippen LogP contribution in [0.1, 0.15) is 27.7 Å². The fraction of sp³-hybridized carbons (Fsp3) is 0.250. The van der Waals surface area contributed by atoms with E-state index in [9.17, 15) is 4.79 Å². The third-order valence-corrected chi connectivity index (χ3v) is 4.73.